The summed E-state index contributed by atoms with van der Waals surface area (Å²) in [5, 5.41) is 10.00. The van der Waals surface area contributed by atoms with Gasteiger partial charge in [0.25, 0.3) is 0 Å². The highest BCUT2D eigenvalue weighted by molar-refractivity contribution is 5.83. The van der Waals surface area contributed by atoms with Crippen molar-refractivity contribution in [2.45, 2.75) is 26.3 Å². The summed E-state index contributed by atoms with van der Waals surface area (Å²) in [4.78, 5) is 3.87. The van der Waals surface area contributed by atoms with E-state index in [1.165, 1.54) is 6.20 Å². The molecule has 0 amide bonds. The second-order valence-corrected chi connectivity index (χ2v) is 3.96. The molecule has 2 heterocycles. The summed E-state index contributed by atoms with van der Waals surface area (Å²) in [5.74, 6) is -0.336. The summed E-state index contributed by atoms with van der Waals surface area (Å²) in [5.41, 5.74) is 1.59. The average Bonchev–Trinajstić information content (AvgIpc) is 2.68. The van der Waals surface area contributed by atoms with E-state index in [9.17, 15) is 4.39 Å². The van der Waals surface area contributed by atoms with Crippen LogP contribution >= 0.6 is 0 Å². The first-order valence-electron chi connectivity index (χ1n) is 5.42. The number of pyridine rings is 1. The highest BCUT2D eigenvalue weighted by Gasteiger charge is 2.15. The van der Waals surface area contributed by atoms with Crippen LogP contribution in [0.3, 0.4) is 0 Å². The minimum atomic E-state index is -0.336. The Morgan fingerprint density at radius 3 is 2.88 bits per heavy atom. The fraction of sp³-hybridized carbons (Fsp3) is 0.417. The quantitative estimate of drug-likeness (QED) is 0.865. The van der Waals surface area contributed by atoms with Crippen molar-refractivity contribution >= 4 is 10.9 Å². The number of fused-ring (bicyclic) bond motifs is 1. The average molecular weight is 222 g/mol. The predicted molar refractivity (Wildman–Crippen MR) is 60.9 cm³/mol. The second kappa shape index (κ2) is 4.22. The van der Waals surface area contributed by atoms with Gasteiger partial charge in [-0.3, -0.25) is 4.98 Å². The van der Waals surface area contributed by atoms with E-state index < -0.39 is 0 Å². The SMILES string of the molecule is CCc1cn(C(C)CO)c2c(F)cncc12. The van der Waals surface area contributed by atoms with E-state index in [-0.39, 0.29) is 18.5 Å². The van der Waals surface area contributed by atoms with Gasteiger partial charge in [-0.2, -0.15) is 0 Å². The minimum absolute atomic E-state index is 0.00526. The summed E-state index contributed by atoms with van der Waals surface area (Å²) in [6.07, 6.45) is 5.61. The standard InChI is InChI=1S/C12H15FN2O/c1-3-9-6-15(8(2)7-16)12-10(9)4-14-5-11(12)13/h4-6,8,16H,3,7H2,1-2H3. The Balaban J connectivity index is 2.74. The van der Waals surface area contributed by atoms with Crippen LogP contribution in [0.15, 0.2) is 18.6 Å². The maximum atomic E-state index is 13.7. The molecule has 0 aromatic carbocycles. The molecular weight excluding hydrogens is 207 g/mol. The molecule has 1 unspecified atom stereocenters. The number of nitrogens with zero attached hydrogens (tertiary/aromatic N) is 2. The summed E-state index contributed by atoms with van der Waals surface area (Å²) < 4.78 is 15.5. The maximum Gasteiger partial charge on any atom is 0.165 e. The molecule has 1 atom stereocenters. The topological polar surface area (TPSA) is 38.0 Å². The first-order chi connectivity index (χ1) is 7.69. The maximum absolute atomic E-state index is 13.7. The van der Waals surface area contributed by atoms with Gasteiger partial charge in [0.15, 0.2) is 5.82 Å². The molecule has 4 heteroatoms. The van der Waals surface area contributed by atoms with Gasteiger partial charge >= 0.3 is 0 Å². The van der Waals surface area contributed by atoms with E-state index in [2.05, 4.69) is 4.98 Å². The highest BCUT2D eigenvalue weighted by atomic mass is 19.1. The van der Waals surface area contributed by atoms with Crippen LogP contribution in [0.5, 0.6) is 0 Å². The van der Waals surface area contributed by atoms with Crippen molar-refractivity contribution < 1.29 is 9.50 Å². The van der Waals surface area contributed by atoms with Gasteiger partial charge in [-0.25, -0.2) is 4.39 Å². The largest absolute Gasteiger partial charge is 0.394 e. The molecule has 2 aromatic heterocycles. The van der Waals surface area contributed by atoms with E-state index in [1.807, 2.05) is 20.0 Å². The molecule has 0 saturated carbocycles. The van der Waals surface area contributed by atoms with Gasteiger partial charge in [0, 0.05) is 17.8 Å². The number of aliphatic hydroxyl groups is 1. The molecule has 86 valence electrons. The van der Waals surface area contributed by atoms with Crippen LogP contribution in [-0.4, -0.2) is 21.3 Å². The monoisotopic (exact) mass is 222 g/mol. The zero-order chi connectivity index (χ0) is 11.7. The number of aromatic nitrogens is 2. The summed E-state index contributed by atoms with van der Waals surface area (Å²) in [6, 6.07) is -0.125. The molecule has 0 saturated heterocycles. The molecule has 16 heavy (non-hydrogen) atoms. The van der Waals surface area contributed by atoms with Gasteiger partial charge < -0.3 is 9.67 Å². The van der Waals surface area contributed by atoms with Crippen molar-refractivity contribution in [2.24, 2.45) is 0 Å². The number of hydrogen-bond acceptors (Lipinski definition) is 2. The van der Waals surface area contributed by atoms with Gasteiger partial charge in [0.1, 0.15) is 0 Å². The molecular formula is C12H15FN2O. The van der Waals surface area contributed by atoms with Crippen LogP contribution in [0.4, 0.5) is 4.39 Å². The molecule has 0 fully saturated rings. The molecule has 0 aliphatic rings. The molecule has 0 aliphatic carbocycles. The Morgan fingerprint density at radius 1 is 1.50 bits per heavy atom. The van der Waals surface area contributed by atoms with Crippen molar-refractivity contribution in [3.63, 3.8) is 0 Å². The molecule has 0 bridgehead atoms. The Morgan fingerprint density at radius 2 is 2.25 bits per heavy atom. The molecule has 3 nitrogen and oxygen atoms in total. The van der Waals surface area contributed by atoms with Crippen LogP contribution in [0, 0.1) is 5.82 Å². The van der Waals surface area contributed by atoms with E-state index in [0.717, 1.165) is 17.4 Å². The lowest BCUT2D eigenvalue weighted by atomic mass is 10.2. The molecule has 1 N–H and O–H groups in total. The summed E-state index contributed by atoms with van der Waals surface area (Å²) >= 11 is 0. The Labute approximate surface area is 93.5 Å². The van der Waals surface area contributed by atoms with Crippen LogP contribution in [0.2, 0.25) is 0 Å². The number of aryl methyl sites for hydroxylation is 1. The van der Waals surface area contributed by atoms with Gasteiger partial charge in [0.2, 0.25) is 0 Å². The third-order valence-corrected chi connectivity index (χ3v) is 2.89. The number of halogens is 1. The van der Waals surface area contributed by atoms with Crippen LogP contribution in [0.25, 0.3) is 10.9 Å². The molecule has 0 radical (unpaired) electrons. The van der Waals surface area contributed by atoms with E-state index in [0.29, 0.717) is 5.52 Å². The van der Waals surface area contributed by atoms with Gasteiger partial charge in [0.05, 0.1) is 24.4 Å². The second-order valence-electron chi connectivity index (χ2n) is 3.96. The molecule has 2 rings (SSSR count). The van der Waals surface area contributed by atoms with Crippen molar-refractivity contribution in [3.8, 4) is 0 Å². The first kappa shape index (κ1) is 11.1. The molecule has 0 aliphatic heterocycles. The Hall–Kier alpha value is -1.42. The van der Waals surface area contributed by atoms with E-state index >= 15 is 0 Å². The van der Waals surface area contributed by atoms with Crippen LogP contribution < -0.4 is 0 Å². The van der Waals surface area contributed by atoms with Crippen LogP contribution in [0.1, 0.15) is 25.5 Å². The molecule has 2 aromatic rings. The number of rotatable bonds is 3. The Bertz CT molecular complexity index is 507. The van der Waals surface area contributed by atoms with Crippen molar-refractivity contribution in [2.75, 3.05) is 6.61 Å². The third-order valence-electron chi connectivity index (χ3n) is 2.89. The van der Waals surface area contributed by atoms with Crippen molar-refractivity contribution in [1.29, 1.82) is 0 Å². The molecule has 0 spiro atoms. The summed E-state index contributed by atoms with van der Waals surface area (Å²) in [7, 11) is 0. The lowest BCUT2D eigenvalue weighted by Gasteiger charge is -2.11. The van der Waals surface area contributed by atoms with E-state index in [4.69, 9.17) is 5.11 Å². The fourth-order valence-corrected chi connectivity index (χ4v) is 1.94. The van der Waals surface area contributed by atoms with Gasteiger partial charge in [-0.1, -0.05) is 6.92 Å². The number of aliphatic hydroxyl groups excluding tert-OH is 1. The lowest BCUT2D eigenvalue weighted by Crippen LogP contribution is -2.08. The Kier molecular flexibility index (Phi) is 2.92. The fourth-order valence-electron chi connectivity index (χ4n) is 1.94. The predicted octanol–water partition coefficient (Wildman–Crippen LogP) is 2.29. The minimum Gasteiger partial charge on any atom is -0.394 e. The van der Waals surface area contributed by atoms with Gasteiger partial charge in [-0.15, -0.1) is 0 Å². The lowest BCUT2D eigenvalue weighted by molar-refractivity contribution is 0.241. The van der Waals surface area contributed by atoms with Crippen molar-refractivity contribution in [3.05, 3.63) is 30.0 Å². The smallest absolute Gasteiger partial charge is 0.165 e. The summed E-state index contributed by atoms with van der Waals surface area (Å²) in [6.45, 7) is 3.88. The van der Waals surface area contributed by atoms with Crippen molar-refractivity contribution in [1.82, 2.24) is 9.55 Å². The first-order valence-corrected chi connectivity index (χ1v) is 5.42. The van der Waals surface area contributed by atoms with E-state index in [1.54, 1.807) is 10.8 Å². The zero-order valence-corrected chi connectivity index (χ0v) is 9.44. The number of hydrogen-bond donors (Lipinski definition) is 1. The highest BCUT2D eigenvalue weighted by Crippen LogP contribution is 2.26. The normalized spacial score (nSPS) is 13.2. The zero-order valence-electron chi connectivity index (χ0n) is 9.44. The van der Waals surface area contributed by atoms with Gasteiger partial charge in [-0.05, 0) is 18.9 Å². The van der Waals surface area contributed by atoms with Crippen LogP contribution in [-0.2, 0) is 6.42 Å². The third kappa shape index (κ3) is 1.59.